The molecule has 0 unspecified atom stereocenters. The van der Waals surface area contributed by atoms with Crippen LogP contribution in [0.5, 0.6) is 5.75 Å². The zero-order valence-electron chi connectivity index (χ0n) is 13.7. The molecule has 9 heteroatoms. The number of carboxylic acids is 1. The number of nitrogens with zero attached hydrogens (tertiary/aromatic N) is 1. The number of amides is 1. The maximum absolute atomic E-state index is 12.4. The average Bonchev–Trinajstić information content (AvgIpc) is 2.56. The van der Waals surface area contributed by atoms with Gasteiger partial charge in [0.2, 0.25) is 0 Å². The van der Waals surface area contributed by atoms with Crippen molar-refractivity contribution in [3.8, 4) is 5.75 Å². The highest BCUT2D eigenvalue weighted by atomic mass is 32.2. The van der Waals surface area contributed by atoms with Crippen LogP contribution < -0.4 is 10.1 Å². The summed E-state index contributed by atoms with van der Waals surface area (Å²) in [5, 5.41) is 22.8. The topological polar surface area (TPSA) is 119 Å². The summed E-state index contributed by atoms with van der Waals surface area (Å²) in [6.07, 6.45) is 3.40. The lowest BCUT2D eigenvalue weighted by atomic mass is 10.1. The lowest BCUT2D eigenvalue weighted by Gasteiger charge is -2.15. The van der Waals surface area contributed by atoms with E-state index >= 15 is 0 Å². The van der Waals surface area contributed by atoms with Gasteiger partial charge >= 0.3 is 5.97 Å². The SMILES string of the molecule is CCCC[C@H](NC(=O)c1cc(SC)c(OC)cc1[N+](=O)[O-])C(=O)O. The maximum atomic E-state index is 12.4. The molecule has 8 nitrogen and oxygen atoms in total. The molecule has 1 aromatic carbocycles. The number of nitro groups is 1. The summed E-state index contributed by atoms with van der Waals surface area (Å²) in [6, 6.07) is 1.43. The van der Waals surface area contributed by atoms with Crippen molar-refractivity contribution in [2.45, 2.75) is 37.1 Å². The minimum absolute atomic E-state index is 0.187. The number of aliphatic carboxylic acids is 1. The molecule has 0 radical (unpaired) electrons. The summed E-state index contributed by atoms with van der Waals surface area (Å²) >= 11 is 1.27. The highest BCUT2D eigenvalue weighted by Gasteiger charge is 2.27. The number of carbonyl (C=O) groups excluding carboxylic acids is 1. The smallest absolute Gasteiger partial charge is 0.326 e. The normalized spacial score (nSPS) is 11.6. The van der Waals surface area contributed by atoms with Crippen LogP contribution in [0.2, 0.25) is 0 Å². The molecule has 1 aromatic rings. The highest BCUT2D eigenvalue weighted by Crippen LogP contribution is 2.34. The monoisotopic (exact) mass is 356 g/mol. The molecule has 0 fully saturated rings. The van der Waals surface area contributed by atoms with Crippen LogP contribution in [0.15, 0.2) is 17.0 Å². The summed E-state index contributed by atoms with van der Waals surface area (Å²) in [5.74, 6) is -1.67. The van der Waals surface area contributed by atoms with Gasteiger partial charge in [-0.2, -0.15) is 0 Å². The summed E-state index contributed by atoms with van der Waals surface area (Å²) in [4.78, 5) is 34.7. The third-order valence-electron chi connectivity index (χ3n) is 3.39. The number of thioether (sulfide) groups is 1. The first-order valence-electron chi connectivity index (χ1n) is 7.29. The van der Waals surface area contributed by atoms with E-state index < -0.39 is 28.5 Å². The van der Waals surface area contributed by atoms with Gasteiger partial charge in [0.05, 0.1) is 23.0 Å². The second kappa shape index (κ2) is 9.11. The maximum Gasteiger partial charge on any atom is 0.326 e. The lowest BCUT2D eigenvalue weighted by molar-refractivity contribution is -0.385. The van der Waals surface area contributed by atoms with E-state index in [0.29, 0.717) is 11.3 Å². The summed E-state index contributed by atoms with van der Waals surface area (Å²) < 4.78 is 5.08. The van der Waals surface area contributed by atoms with Crippen LogP contribution in [-0.2, 0) is 4.79 Å². The standard InChI is InChI=1S/C15H20N2O6S/c1-4-5-6-10(15(19)20)16-14(18)9-7-13(24-3)12(23-2)8-11(9)17(21)22/h7-8,10H,4-6H2,1-3H3,(H,16,18)(H,19,20)/t10-/m0/s1. The Morgan fingerprint density at radius 3 is 2.58 bits per heavy atom. The van der Waals surface area contributed by atoms with Gasteiger partial charge in [0.15, 0.2) is 0 Å². The third kappa shape index (κ3) is 4.85. The molecule has 0 saturated heterocycles. The molecule has 0 aliphatic rings. The fourth-order valence-corrected chi connectivity index (χ4v) is 2.68. The second-order valence-corrected chi connectivity index (χ2v) is 5.84. The van der Waals surface area contributed by atoms with Gasteiger partial charge in [-0.25, -0.2) is 4.79 Å². The largest absolute Gasteiger partial charge is 0.495 e. The fraction of sp³-hybridized carbons (Fsp3) is 0.467. The summed E-state index contributed by atoms with van der Waals surface area (Å²) in [6.45, 7) is 1.90. The van der Waals surface area contributed by atoms with Crippen molar-refractivity contribution in [1.29, 1.82) is 0 Å². The highest BCUT2D eigenvalue weighted by molar-refractivity contribution is 7.98. The van der Waals surface area contributed by atoms with Crippen molar-refractivity contribution in [2.24, 2.45) is 0 Å². The molecule has 0 bridgehead atoms. The number of carboxylic acid groups (broad SMARTS) is 1. The predicted octanol–water partition coefficient (Wildman–Crippen LogP) is 2.70. The Hall–Kier alpha value is -2.29. The summed E-state index contributed by atoms with van der Waals surface area (Å²) in [5.41, 5.74) is -0.616. The van der Waals surface area contributed by atoms with Crippen molar-refractivity contribution < 1.29 is 24.4 Å². The van der Waals surface area contributed by atoms with Crippen LogP contribution in [0.1, 0.15) is 36.5 Å². The van der Waals surface area contributed by atoms with Gasteiger partial charge in [-0.05, 0) is 18.7 Å². The quantitative estimate of drug-likeness (QED) is 0.396. The number of methoxy groups -OCH3 is 1. The predicted molar refractivity (Wildman–Crippen MR) is 89.8 cm³/mol. The van der Waals surface area contributed by atoms with Gasteiger partial charge in [-0.3, -0.25) is 14.9 Å². The molecule has 0 aromatic heterocycles. The minimum Gasteiger partial charge on any atom is -0.495 e. The summed E-state index contributed by atoms with van der Waals surface area (Å²) in [7, 11) is 1.38. The van der Waals surface area contributed by atoms with E-state index in [2.05, 4.69) is 5.32 Å². The Morgan fingerprint density at radius 2 is 2.12 bits per heavy atom. The van der Waals surface area contributed by atoms with E-state index in [1.807, 2.05) is 6.92 Å². The van der Waals surface area contributed by atoms with E-state index in [9.17, 15) is 24.8 Å². The number of hydrogen-bond acceptors (Lipinski definition) is 6. The fourth-order valence-electron chi connectivity index (χ4n) is 2.10. The Kier molecular flexibility index (Phi) is 7.50. The second-order valence-electron chi connectivity index (χ2n) is 4.99. The number of unbranched alkanes of at least 4 members (excludes halogenated alkanes) is 1. The molecule has 1 amide bonds. The van der Waals surface area contributed by atoms with E-state index in [0.717, 1.165) is 6.42 Å². The van der Waals surface area contributed by atoms with E-state index in [1.54, 1.807) is 6.26 Å². The first-order valence-corrected chi connectivity index (χ1v) is 8.52. The number of rotatable bonds is 9. The number of hydrogen-bond donors (Lipinski definition) is 2. The molecule has 132 valence electrons. The first kappa shape index (κ1) is 19.8. The zero-order chi connectivity index (χ0) is 18.3. The Labute approximate surface area is 143 Å². The van der Waals surface area contributed by atoms with Crippen LogP contribution in [0.3, 0.4) is 0 Å². The van der Waals surface area contributed by atoms with E-state index in [-0.39, 0.29) is 17.7 Å². The Morgan fingerprint density at radius 1 is 1.46 bits per heavy atom. The van der Waals surface area contributed by atoms with Crippen molar-refractivity contribution in [3.05, 3.63) is 27.8 Å². The average molecular weight is 356 g/mol. The van der Waals surface area contributed by atoms with Crippen LogP contribution in [0.4, 0.5) is 5.69 Å². The number of nitrogens with one attached hydrogen (secondary N) is 1. The molecule has 0 saturated carbocycles. The number of ether oxygens (including phenoxy) is 1. The van der Waals surface area contributed by atoms with E-state index in [4.69, 9.17) is 4.74 Å². The zero-order valence-corrected chi connectivity index (χ0v) is 14.5. The van der Waals surface area contributed by atoms with Crippen LogP contribution in [0.25, 0.3) is 0 Å². The molecule has 1 atom stereocenters. The van der Waals surface area contributed by atoms with Crippen LogP contribution in [0, 0.1) is 10.1 Å². The van der Waals surface area contributed by atoms with Crippen molar-refractivity contribution >= 4 is 29.3 Å². The molecular formula is C15H20N2O6S. The Balaban J connectivity index is 3.20. The van der Waals surface area contributed by atoms with Crippen molar-refractivity contribution in [1.82, 2.24) is 5.32 Å². The Bertz CT molecular complexity index is 635. The van der Waals surface area contributed by atoms with Crippen molar-refractivity contribution in [2.75, 3.05) is 13.4 Å². The van der Waals surface area contributed by atoms with Gasteiger partial charge in [-0.15, -0.1) is 11.8 Å². The van der Waals surface area contributed by atoms with Crippen LogP contribution in [-0.4, -0.2) is 41.3 Å². The van der Waals surface area contributed by atoms with E-state index in [1.165, 1.54) is 31.0 Å². The molecule has 24 heavy (non-hydrogen) atoms. The van der Waals surface area contributed by atoms with Gasteiger partial charge < -0.3 is 15.2 Å². The minimum atomic E-state index is -1.17. The number of benzene rings is 1. The van der Waals surface area contributed by atoms with Gasteiger partial charge in [0, 0.05) is 0 Å². The van der Waals surface area contributed by atoms with Gasteiger partial charge in [-0.1, -0.05) is 19.8 Å². The molecule has 0 heterocycles. The molecule has 0 aliphatic carbocycles. The molecule has 1 rings (SSSR count). The molecular weight excluding hydrogens is 336 g/mol. The number of carbonyl (C=O) groups is 2. The van der Waals surface area contributed by atoms with Crippen molar-refractivity contribution in [3.63, 3.8) is 0 Å². The molecule has 2 N–H and O–H groups in total. The van der Waals surface area contributed by atoms with Gasteiger partial charge in [0.1, 0.15) is 17.4 Å². The lowest BCUT2D eigenvalue weighted by Crippen LogP contribution is -2.41. The van der Waals surface area contributed by atoms with Crippen LogP contribution >= 0.6 is 11.8 Å². The first-order chi connectivity index (χ1) is 11.3. The van der Waals surface area contributed by atoms with Gasteiger partial charge in [0.25, 0.3) is 11.6 Å². The third-order valence-corrected chi connectivity index (χ3v) is 4.15. The molecule has 0 spiro atoms. The number of nitro benzene ring substituents is 1. The molecule has 0 aliphatic heterocycles.